The largest absolute Gasteiger partial charge is 0.493 e. The number of amides is 1. The first-order valence-electron chi connectivity index (χ1n) is 5.53. The Morgan fingerprint density at radius 2 is 2.00 bits per heavy atom. The third kappa shape index (κ3) is 4.69. The van der Waals surface area contributed by atoms with E-state index in [2.05, 4.69) is 0 Å². The van der Waals surface area contributed by atoms with Crippen molar-refractivity contribution in [1.82, 2.24) is 5.32 Å². The Morgan fingerprint density at radius 3 is 2.53 bits per heavy atom. The molecule has 0 aliphatic rings. The van der Waals surface area contributed by atoms with E-state index in [0.717, 1.165) is 0 Å². The van der Waals surface area contributed by atoms with Crippen molar-refractivity contribution in [3.05, 3.63) is 23.8 Å². The molecule has 1 amide bonds. The van der Waals surface area contributed by atoms with E-state index in [1.54, 1.807) is 12.2 Å². The van der Waals surface area contributed by atoms with Gasteiger partial charge in [0.05, 0.1) is 13.7 Å². The number of halogens is 3. The number of hydrogen-bond donors (Lipinski definition) is 1. The van der Waals surface area contributed by atoms with E-state index < -0.39 is 18.6 Å². The summed E-state index contributed by atoms with van der Waals surface area (Å²) in [7, 11) is 1.38. The van der Waals surface area contributed by atoms with Crippen molar-refractivity contribution in [2.45, 2.75) is 13.1 Å². The predicted molar refractivity (Wildman–Crippen MR) is 62.6 cm³/mol. The van der Waals surface area contributed by atoms with Crippen LogP contribution >= 0.6 is 0 Å². The molecular formula is C12H14F3NO3. The number of carbonyl (C=O) groups is 1. The van der Waals surface area contributed by atoms with Gasteiger partial charge in [-0.15, -0.1) is 0 Å². The summed E-state index contributed by atoms with van der Waals surface area (Å²) in [5.41, 5.74) is 0.0737. The fourth-order valence-electron chi connectivity index (χ4n) is 1.37. The molecule has 1 aromatic rings. The molecule has 0 aromatic heterocycles. The van der Waals surface area contributed by atoms with E-state index in [-0.39, 0.29) is 5.56 Å². The molecular weight excluding hydrogens is 263 g/mol. The van der Waals surface area contributed by atoms with Crippen LogP contribution in [0.15, 0.2) is 18.2 Å². The molecule has 0 aliphatic heterocycles. The molecule has 7 heteroatoms. The number of nitrogens with one attached hydrogen (secondary N) is 1. The molecule has 0 bridgehead atoms. The van der Waals surface area contributed by atoms with Crippen LogP contribution in [0.3, 0.4) is 0 Å². The van der Waals surface area contributed by atoms with Crippen LogP contribution in [0, 0.1) is 0 Å². The predicted octanol–water partition coefficient (Wildman–Crippen LogP) is 2.39. The van der Waals surface area contributed by atoms with Gasteiger partial charge in [-0.3, -0.25) is 4.79 Å². The smallest absolute Gasteiger partial charge is 0.405 e. The number of carbonyl (C=O) groups excluding carboxylic acids is 1. The van der Waals surface area contributed by atoms with Crippen LogP contribution in [-0.2, 0) is 0 Å². The van der Waals surface area contributed by atoms with Crippen LogP contribution in [0.4, 0.5) is 13.2 Å². The van der Waals surface area contributed by atoms with E-state index in [9.17, 15) is 18.0 Å². The van der Waals surface area contributed by atoms with Crippen molar-refractivity contribution in [2.24, 2.45) is 0 Å². The van der Waals surface area contributed by atoms with Gasteiger partial charge in [0.2, 0.25) is 0 Å². The second-order valence-electron chi connectivity index (χ2n) is 3.60. The summed E-state index contributed by atoms with van der Waals surface area (Å²) < 4.78 is 46.2. The fraction of sp³-hybridized carbons (Fsp3) is 0.417. The van der Waals surface area contributed by atoms with E-state index in [1.807, 2.05) is 0 Å². The zero-order chi connectivity index (χ0) is 14.5. The molecule has 0 saturated carbocycles. The normalized spacial score (nSPS) is 11.0. The minimum Gasteiger partial charge on any atom is -0.493 e. The SMILES string of the molecule is CCOc1ccc(C(=O)NCC(F)(F)F)cc1OC. The zero-order valence-electron chi connectivity index (χ0n) is 10.5. The minimum absolute atomic E-state index is 0.0737. The van der Waals surface area contributed by atoms with E-state index in [1.165, 1.54) is 25.3 Å². The van der Waals surface area contributed by atoms with Gasteiger partial charge in [0.25, 0.3) is 5.91 Å². The monoisotopic (exact) mass is 277 g/mol. The van der Waals surface area contributed by atoms with Crippen LogP contribution in [0.25, 0.3) is 0 Å². The molecule has 1 aromatic carbocycles. The highest BCUT2D eigenvalue weighted by atomic mass is 19.4. The molecule has 4 nitrogen and oxygen atoms in total. The number of hydrogen-bond acceptors (Lipinski definition) is 3. The minimum atomic E-state index is -4.44. The van der Waals surface area contributed by atoms with Crippen LogP contribution in [0.5, 0.6) is 11.5 Å². The molecule has 106 valence electrons. The third-order valence-electron chi connectivity index (χ3n) is 2.18. The lowest BCUT2D eigenvalue weighted by atomic mass is 10.2. The van der Waals surface area contributed by atoms with Crippen LogP contribution in [-0.4, -0.2) is 32.3 Å². The zero-order valence-corrected chi connectivity index (χ0v) is 10.5. The molecule has 0 spiro atoms. The number of methoxy groups -OCH3 is 1. The molecule has 0 atom stereocenters. The summed E-state index contributed by atoms with van der Waals surface area (Å²) in [6, 6.07) is 4.18. The van der Waals surface area contributed by atoms with E-state index >= 15 is 0 Å². The first-order chi connectivity index (χ1) is 8.87. The Hall–Kier alpha value is -1.92. The van der Waals surface area contributed by atoms with Crippen molar-refractivity contribution in [2.75, 3.05) is 20.3 Å². The fourth-order valence-corrected chi connectivity index (χ4v) is 1.37. The Labute approximate surface area is 108 Å². The maximum Gasteiger partial charge on any atom is 0.405 e. The van der Waals surface area contributed by atoms with E-state index in [0.29, 0.717) is 18.1 Å². The third-order valence-corrected chi connectivity index (χ3v) is 2.18. The van der Waals surface area contributed by atoms with Gasteiger partial charge < -0.3 is 14.8 Å². The van der Waals surface area contributed by atoms with Crippen LogP contribution in [0.1, 0.15) is 17.3 Å². The van der Waals surface area contributed by atoms with E-state index in [4.69, 9.17) is 9.47 Å². The highest BCUT2D eigenvalue weighted by Crippen LogP contribution is 2.28. The first kappa shape index (κ1) is 15.1. The number of benzene rings is 1. The molecule has 0 aliphatic carbocycles. The van der Waals surface area contributed by atoms with Crippen molar-refractivity contribution < 1.29 is 27.4 Å². The average molecular weight is 277 g/mol. The molecule has 1 N–H and O–H groups in total. The van der Waals surface area contributed by atoms with Crippen molar-refractivity contribution >= 4 is 5.91 Å². The molecule has 1 rings (SSSR count). The van der Waals surface area contributed by atoms with Gasteiger partial charge >= 0.3 is 6.18 Å². The number of alkyl halides is 3. The molecule has 0 fully saturated rings. The van der Waals surface area contributed by atoms with Gasteiger partial charge in [-0.25, -0.2) is 0 Å². The highest BCUT2D eigenvalue weighted by Gasteiger charge is 2.28. The number of rotatable bonds is 5. The van der Waals surface area contributed by atoms with Crippen molar-refractivity contribution in [1.29, 1.82) is 0 Å². The quantitative estimate of drug-likeness (QED) is 0.899. The molecule has 0 saturated heterocycles. The molecule has 0 radical (unpaired) electrons. The molecule has 19 heavy (non-hydrogen) atoms. The van der Waals surface area contributed by atoms with Gasteiger partial charge in [-0.1, -0.05) is 0 Å². The Kier molecular flexibility index (Phi) is 5.02. The lowest BCUT2D eigenvalue weighted by molar-refractivity contribution is -0.123. The molecule has 0 unspecified atom stereocenters. The standard InChI is InChI=1S/C12H14F3NO3/c1-3-19-9-5-4-8(6-10(9)18-2)11(17)16-7-12(13,14)15/h4-6H,3,7H2,1-2H3,(H,16,17). The first-order valence-corrected chi connectivity index (χ1v) is 5.53. The second-order valence-corrected chi connectivity index (χ2v) is 3.60. The summed E-state index contributed by atoms with van der Waals surface area (Å²) in [5.74, 6) is -0.0995. The topological polar surface area (TPSA) is 47.6 Å². The maximum absolute atomic E-state index is 12.0. The lowest BCUT2D eigenvalue weighted by Crippen LogP contribution is -2.33. The Bertz CT molecular complexity index is 446. The van der Waals surface area contributed by atoms with Crippen molar-refractivity contribution in [3.8, 4) is 11.5 Å². The molecule has 0 heterocycles. The van der Waals surface area contributed by atoms with Gasteiger partial charge in [-0.2, -0.15) is 13.2 Å². The van der Waals surface area contributed by atoms with Gasteiger partial charge in [0, 0.05) is 5.56 Å². The summed E-state index contributed by atoms with van der Waals surface area (Å²) in [6.07, 6.45) is -4.44. The maximum atomic E-state index is 12.0. The Morgan fingerprint density at radius 1 is 1.32 bits per heavy atom. The summed E-state index contributed by atoms with van der Waals surface area (Å²) in [6.45, 7) is 0.820. The van der Waals surface area contributed by atoms with Crippen LogP contribution in [0.2, 0.25) is 0 Å². The lowest BCUT2D eigenvalue weighted by Gasteiger charge is -2.12. The summed E-state index contributed by atoms with van der Waals surface area (Å²) >= 11 is 0. The Balaban J connectivity index is 2.81. The van der Waals surface area contributed by atoms with Gasteiger partial charge in [-0.05, 0) is 25.1 Å². The van der Waals surface area contributed by atoms with Crippen LogP contribution < -0.4 is 14.8 Å². The summed E-state index contributed by atoms with van der Waals surface area (Å²) in [5, 5.41) is 1.78. The average Bonchev–Trinajstić information content (AvgIpc) is 2.36. The van der Waals surface area contributed by atoms with Gasteiger partial charge in [0.1, 0.15) is 6.54 Å². The van der Waals surface area contributed by atoms with Crippen molar-refractivity contribution in [3.63, 3.8) is 0 Å². The summed E-state index contributed by atoms with van der Waals surface area (Å²) in [4.78, 5) is 11.5. The highest BCUT2D eigenvalue weighted by molar-refractivity contribution is 5.94. The second kappa shape index (κ2) is 6.31. The van der Waals surface area contributed by atoms with Gasteiger partial charge in [0.15, 0.2) is 11.5 Å². The number of ether oxygens (including phenoxy) is 2.